The summed E-state index contributed by atoms with van der Waals surface area (Å²) >= 11 is 2.24. The van der Waals surface area contributed by atoms with Crippen molar-refractivity contribution in [2.45, 2.75) is 13.0 Å². The molecule has 2 rings (SSSR count). The predicted octanol–water partition coefficient (Wildman–Crippen LogP) is 2.08. The van der Waals surface area contributed by atoms with E-state index in [1.165, 1.54) is 0 Å². The second-order valence-corrected chi connectivity index (χ2v) is 4.34. The summed E-state index contributed by atoms with van der Waals surface area (Å²) in [6.07, 6.45) is 0. The Balaban J connectivity index is 2.42. The maximum absolute atomic E-state index is 5.90. The van der Waals surface area contributed by atoms with Crippen LogP contribution < -0.4 is 15.2 Å². The Kier molecular flexibility index (Phi) is 2.83. The van der Waals surface area contributed by atoms with Crippen molar-refractivity contribution in [1.29, 1.82) is 0 Å². The van der Waals surface area contributed by atoms with Gasteiger partial charge in [-0.2, -0.15) is 0 Å². The highest BCUT2D eigenvalue weighted by molar-refractivity contribution is 14.1. The third-order valence-corrected chi connectivity index (χ3v) is 2.96. The first-order valence-corrected chi connectivity index (χ1v) is 5.65. The summed E-state index contributed by atoms with van der Waals surface area (Å²) in [4.78, 5) is 0. The van der Waals surface area contributed by atoms with Gasteiger partial charge < -0.3 is 15.2 Å². The van der Waals surface area contributed by atoms with Crippen molar-refractivity contribution in [3.63, 3.8) is 0 Å². The van der Waals surface area contributed by atoms with Gasteiger partial charge in [-0.15, -0.1) is 0 Å². The van der Waals surface area contributed by atoms with Gasteiger partial charge in [-0.25, -0.2) is 0 Å². The van der Waals surface area contributed by atoms with Gasteiger partial charge in [0.2, 0.25) is 0 Å². The Hall–Kier alpha value is -0.490. The average molecular weight is 305 g/mol. The minimum absolute atomic E-state index is 0.0149. The summed E-state index contributed by atoms with van der Waals surface area (Å²) in [5.41, 5.74) is 6.95. The standard InChI is InChI=1S/C10H12INO2/c1-2-13-6-3-7-9(12)5-14-10(7)8(11)4-6/h3-4,9H,2,5,12H2,1H3/t9-/m1/s1. The third kappa shape index (κ3) is 1.68. The van der Waals surface area contributed by atoms with Crippen molar-refractivity contribution >= 4 is 22.6 Å². The first-order valence-electron chi connectivity index (χ1n) is 4.57. The Morgan fingerprint density at radius 1 is 1.64 bits per heavy atom. The second kappa shape index (κ2) is 3.94. The number of hydrogen-bond acceptors (Lipinski definition) is 3. The molecule has 2 N–H and O–H groups in total. The molecule has 76 valence electrons. The summed E-state index contributed by atoms with van der Waals surface area (Å²) in [7, 11) is 0. The lowest BCUT2D eigenvalue weighted by Crippen LogP contribution is -2.10. The van der Waals surface area contributed by atoms with Gasteiger partial charge in [0.1, 0.15) is 18.1 Å². The number of benzene rings is 1. The molecule has 1 aromatic carbocycles. The molecule has 0 radical (unpaired) electrons. The SMILES string of the molecule is CCOc1cc(I)c2c(c1)[C@H](N)CO2. The molecule has 0 spiro atoms. The molecule has 1 aliphatic rings. The highest BCUT2D eigenvalue weighted by Crippen LogP contribution is 2.38. The summed E-state index contributed by atoms with van der Waals surface area (Å²) < 4.78 is 12.0. The number of rotatable bonds is 2. The smallest absolute Gasteiger partial charge is 0.137 e. The maximum atomic E-state index is 5.90. The summed E-state index contributed by atoms with van der Waals surface area (Å²) in [6, 6.07) is 3.93. The lowest BCUT2D eigenvalue weighted by molar-refractivity contribution is 0.330. The van der Waals surface area contributed by atoms with E-state index in [0.717, 1.165) is 20.6 Å². The van der Waals surface area contributed by atoms with Crippen LogP contribution >= 0.6 is 22.6 Å². The van der Waals surface area contributed by atoms with E-state index >= 15 is 0 Å². The topological polar surface area (TPSA) is 44.5 Å². The quantitative estimate of drug-likeness (QED) is 0.851. The fourth-order valence-corrected chi connectivity index (χ4v) is 2.30. The van der Waals surface area contributed by atoms with Crippen LogP contribution in [0.2, 0.25) is 0 Å². The van der Waals surface area contributed by atoms with Crippen LogP contribution in [-0.2, 0) is 0 Å². The van der Waals surface area contributed by atoms with E-state index in [4.69, 9.17) is 15.2 Å². The van der Waals surface area contributed by atoms with Crippen LogP contribution in [0.15, 0.2) is 12.1 Å². The molecule has 0 aliphatic carbocycles. The number of ether oxygens (including phenoxy) is 2. The van der Waals surface area contributed by atoms with Gasteiger partial charge in [0.15, 0.2) is 0 Å². The van der Waals surface area contributed by atoms with Crippen LogP contribution in [0.25, 0.3) is 0 Å². The van der Waals surface area contributed by atoms with Gasteiger partial charge in [-0.05, 0) is 41.6 Å². The first-order chi connectivity index (χ1) is 6.72. The molecule has 0 amide bonds. The third-order valence-electron chi connectivity index (χ3n) is 2.16. The molecule has 0 saturated heterocycles. The average Bonchev–Trinajstić information content (AvgIpc) is 2.49. The van der Waals surface area contributed by atoms with Crippen molar-refractivity contribution in [2.24, 2.45) is 5.73 Å². The maximum Gasteiger partial charge on any atom is 0.137 e. The van der Waals surface area contributed by atoms with Gasteiger partial charge in [0.25, 0.3) is 0 Å². The number of hydrogen-bond donors (Lipinski definition) is 1. The zero-order valence-corrected chi connectivity index (χ0v) is 10.1. The predicted molar refractivity (Wildman–Crippen MR) is 62.8 cm³/mol. The van der Waals surface area contributed by atoms with E-state index in [0.29, 0.717) is 13.2 Å². The molecule has 0 fully saturated rings. The van der Waals surface area contributed by atoms with E-state index in [2.05, 4.69) is 22.6 Å². The number of halogens is 1. The van der Waals surface area contributed by atoms with Crippen LogP contribution in [-0.4, -0.2) is 13.2 Å². The van der Waals surface area contributed by atoms with Gasteiger partial charge in [0, 0.05) is 5.56 Å². The lowest BCUT2D eigenvalue weighted by atomic mass is 10.1. The molecule has 1 atom stereocenters. The highest BCUT2D eigenvalue weighted by atomic mass is 127. The van der Waals surface area contributed by atoms with Crippen molar-refractivity contribution in [3.8, 4) is 11.5 Å². The largest absolute Gasteiger partial charge is 0.494 e. The van der Waals surface area contributed by atoms with Gasteiger partial charge in [-0.1, -0.05) is 0 Å². The van der Waals surface area contributed by atoms with Crippen molar-refractivity contribution in [2.75, 3.05) is 13.2 Å². The fourth-order valence-electron chi connectivity index (χ4n) is 1.53. The van der Waals surface area contributed by atoms with Gasteiger partial charge >= 0.3 is 0 Å². The Labute approximate surface area is 96.7 Å². The molecule has 3 nitrogen and oxygen atoms in total. The molecular weight excluding hydrogens is 293 g/mol. The van der Waals surface area contributed by atoms with E-state index in [1.54, 1.807) is 0 Å². The van der Waals surface area contributed by atoms with Crippen LogP contribution in [0.4, 0.5) is 0 Å². The Morgan fingerprint density at radius 2 is 2.43 bits per heavy atom. The number of fused-ring (bicyclic) bond motifs is 1. The summed E-state index contributed by atoms with van der Waals surface area (Å²) in [5.74, 6) is 1.79. The summed E-state index contributed by atoms with van der Waals surface area (Å²) in [6.45, 7) is 3.21. The molecule has 0 saturated carbocycles. The molecule has 14 heavy (non-hydrogen) atoms. The Morgan fingerprint density at radius 3 is 3.14 bits per heavy atom. The van der Waals surface area contributed by atoms with Crippen LogP contribution in [0, 0.1) is 3.57 Å². The summed E-state index contributed by atoms with van der Waals surface area (Å²) in [5, 5.41) is 0. The molecule has 4 heteroatoms. The van der Waals surface area contributed by atoms with Crippen molar-refractivity contribution in [3.05, 3.63) is 21.3 Å². The van der Waals surface area contributed by atoms with E-state index in [9.17, 15) is 0 Å². The molecule has 0 unspecified atom stereocenters. The molecule has 0 aromatic heterocycles. The molecule has 1 aliphatic heterocycles. The first kappa shape index (κ1) is 10.0. The zero-order chi connectivity index (χ0) is 10.1. The lowest BCUT2D eigenvalue weighted by Gasteiger charge is -2.08. The molecule has 0 bridgehead atoms. The molecule has 1 heterocycles. The molecular formula is C10H12INO2. The highest BCUT2D eigenvalue weighted by Gasteiger charge is 2.23. The van der Waals surface area contributed by atoms with Gasteiger partial charge in [0.05, 0.1) is 16.2 Å². The second-order valence-electron chi connectivity index (χ2n) is 3.17. The monoisotopic (exact) mass is 305 g/mol. The normalized spacial score (nSPS) is 18.9. The Bertz CT molecular complexity index is 354. The van der Waals surface area contributed by atoms with Crippen LogP contribution in [0.3, 0.4) is 0 Å². The zero-order valence-electron chi connectivity index (χ0n) is 7.92. The minimum atomic E-state index is -0.0149. The van der Waals surface area contributed by atoms with E-state index in [1.807, 2.05) is 19.1 Å². The van der Waals surface area contributed by atoms with Crippen LogP contribution in [0.5, 0.6) is 11.5 Å². The molecule has 1 aromatic rings. The van der Waals surface area contributed by atoms with Crippen LogP contribution in [0.1, 0.15) is 18.5 Å². The van der Waals surface area contributed by atoms with E-state index in [-0.39, 0.29) is 6.04 Å². The fraction of sp³-hybridized carbons (Fsp3) is 0.400. The number of nitrogens with two attached hydrogens (primary N) is 1. The van der Waals surface area contributed by atoms with Crippen molar-refractivity contribution < 1.29 is 9.47 Å². The van der Waals surface area contributed by atoms with Gasteiger partial charge in [-0.3, -0.25) is 0 Å². The van der Waals surface area contributed by atoms with Crippen molar-refractivity contribution in [1.82, 2.24) is 0 Å². The minimum Gasteiger partial charge on any atom is -0.494 e. The van der Waals surface area contributed by atoms with E-state index < -0.39 is 0 Å².